The van der Waals surface area contributed by atoms with Crippen LogP contribution >= 0.6 is 27.3 Å². The normalized spacial score (nSPS) is 27.0. The van der Waals surface area contributed by atoms with Crippen LogP contribution in [0, 0.1) is 0 Å². The van der Waals surface area contributed by atoms with Gasteiger partial charge in [0.1, 0.15) is 0 Å². The van der Waals surface area contributed by atoms with E-state index in [1.807, 2.05) is 0 Å². The lowest BCUT2D eigenvalue weighted by Gasteiger charge is -2.40. The minimum atomic E-state index is -0.135. The van der Waals surface area contributed by atoms with Crippen molar-refractivity contribution in [2.75, 3.05) is 6.61 Å². The van der Waals surface area contributed by atoms with Gasteiger partial charge in [0.05, 0.1) is 11.6 Å². The van der Waals surface area contributed by atoms with Gasteiger partial charge >= 0.3 is 0 Å². The zero-order valence-corrected chi connectivity index (χ0v) is 12.4. The largest absolute Gasteiger partial charge is 0.374 e. The summed E-state index contributed by atoms with van der Waals surface area (Å²) in [5, 5.41) is 2.10. The van der Waals surface area contributed by atoms with E-state index in [-0.39, 0.29) is 11.6 Å². The highest BCUT2D eigenvalue weighted by Crippen LogP contribution is 2.31. The average molecular weight is 319 g/mol. The van der Waals surface area contributed by atoms with Crippen molar-refractivity contribution >= 4 is 27.3 Å². The van der Waals surface area contributed by atoms with E-state index in [4.69, 9.17) is 10.6 Å². The van der Waals surface area contributed by atoms with Gasteiger partial charge in [-0.15, -0.1) is 11.3 Å². The Morgan fingerprint density at radius 2 is 2.47 bits per heavy atom. The van der Waals surface area contributed by atoms with E-state index in [0.717, 1.165) is 30.3 Å². The molecular formula is C12H19BrN2OS. The van der Waals surface area contributed by atoms with Gasteiger partial charge in [0, 0.05) is 27.8 Å². The lowest BCUT2D eigenvalue weighted by atomic mass is 9.86. The number of halogens is 1. The second-order valence-electron chi connectivity index (χ2n) is 4.77. The van der Waals surface area contributed by atoms with Crippen LogP contribution in [0.3, 0.4) is 0 Å². The Hall–Kier alpha value is 0.0600. The molecule has 1 aliphatic heterocycles. The molecule has 2 atom stereocenters. The third-order valence-corrected chi connectivity index (χ3v) is 5.18. The van der Waals surface area contributed by atoms with Crippen LogP contribution in [0.15, 0.2) is 15.9 Å². The highest BCUT2D eigenvalue weighted by Gasteiger charge is 2.36. The summed E-state index contributed by atoms with van der Waals surface area (Å²) in [5.41, 5.74) is 2.80. The number of ether oxygens (including phenoxy) is 1. The molecule has 2 rings (SSSR count). The molecule has 3 N–H and O–H groups in total. The van der Waals surface area contributed by atoms with E-state index in [2.05, 4.69) is 39.7 Å². The third kappa shape index (κ3) is 3.29. The summed E-state index contributed by atoms with van der Waals surface area (Å²) in [4.78, 5) is 1.33. The van der Waals surface area contributed by atoms with Gasteiger partial charge in [-0.1, -0.05) is 0 Å². The molecule has 1 fully saturated rings. The fourth-order valence-corrected chi connectivity index (χ4v) is 3.84. The molecule has 0 aromatic carbocycles. The van der Waals surface area contributed by atoms with Crippen molar-refractivity contribution in [2.45, 2.75) is 44.2 Å². The molecule has 2 heterocycles. The van der Waals surface area contributed by atoms with Gasteiger partial charge in [0.25, 0.3) is 0 Å². The maximum atomic E-state index is 5.95. The van der Waals surface area contributed by atoms with E-state index in [1.165, 1.54) is 11.3 Å². The van der Waals surface area contributed by atoms with E-state index in [1.54, 1.807) is 11.3 Å². The minimum absolute atomic E-state index is 0.135. The van der Waals surface area contributed by atoms with Crippen molar-refractivity contribution in [3.63, 3.8) is 0 Å². The highest BCUT2D eigenvalue weighted by molar-refractivity contribution is 9.10. The molecule has 0 radical (unpaired) electrons. The van der Waals surface area contributed by atoms with Crippen molar-refractivity contribution in [2.24, 2.45) is 5.84 Å². The number of hydrogen-bond donors (Lipinski definition) is 2. The van der Waals surface area contributed by atoms with E-state index < -0.39 is 0 Å². The van der Waals surface area contributed by atoms with Gasteiger partial charge in [-0.3, -0.25) is 11.3 Å². The van der Waals surface area contributed by atoms with Crippen LogP contribution in [0.4, 0.5) is 0 Å². The van der Waals surface area contributed by atoms with Gasteiger partial charge in [-0.25, -0.2) is 0 Å². The molecule has 0 spiro atoms. The van der Waals surface area contributed by atoms with E-state index in [9.17, 15) is 0 Å². The fourth-order valence-electron chi connectivity index (χ4n) is 2.34. The van der Waals surface area contributed by atoms with Crippen LogP contribution in [-0.2, 0) is 11.2 Å². The van der Waals surface area contributed by atoms with Gasteiger partial charge in [-0.05, 0) is 48.2 Å². The Balaban J connectivity index is 2.05. The van der Waals surface area contributed by atoms with Crippen LogP contribution in [-0.4, -0.2) is 18.2 Å². The molecule has 17 heavy (non-hydrogen) atoms. The Labute approximate surface area is 115 Å². The summed E-state index contributed by atoms with van der Waals surface area (Å²) in [6.07, 6.45) is 4.39. The zero-order valence-electron chi connectivity index (χ0n) is 10.0. The minimum Gasteiger partial charge on any atom is -0.374 e. The number of hydrazine groups is 1. The SMILES string of the molecule is CC1(C(Cc2cc(Br)cs2)NN)CCCCO1. The van der Waals surface area contributed by atoms with Gasteiger partial charge in [-0.2, -0.15) is 0 Å². The number of nitrogens with two attached hydrogens (primary N) is 1. The first kappa shape index (κ1) is 13.5. The van der Waals surface area contributed by atoms with Crippen molar-refractivity contribution < 1.29 is 4.74 Å². The summed E-state index contributed by atoms with van der Waals surface area (Å²) in [7, 11) is 0. The first-order valence-corrected chi connectivity index (χ1v) is 7.64. The Bertz CT molecular complexity index is 363. The lowest BCUT2D eigenvalue weighted by Crippen LogP contribution is -2.55. The molecular weight excluding hydrogens is 300 g/mol. The summed E-state index contributed by atoms with van der Waals surface area (Å²) < 4.78 is 7.09. The standard InChI is InChI=1S/C12H19BrN2OS/c1-12(4-2-3-5-16-12)11(15-14)7-10-6-9(13)8-17-10/h6,8,11,15H,2-5,7,14H2,1H3. The van der Waals surface area contributed by atoms with E-state index in [0.29, 0.717) is 0 Å². The van der Waals surface area contributed by atoms with Crippen molar-refractivity contribution in [1.82, 2.24) is 5.43 Å². The quantitative estimate of drug-likeness (QED) is 0.663. The van der Waals surface area contributed by atoms with Crippen LogP contribution in [0.2, 0.25) is 0 Å². The molecule has 1 aromatic heterocycles. The summed E-state index contributed by atoms with van der Waals surface area (Å²) >= 11 is 5.24. The van der Waals surface area contributed by atoms with Crippen LogP contribution < -0.4 is 11.3 Å². The summed E-state index contributed by atoms with van der Waals surface area (Å²) in [5.74, 6) is 5.71. The van der Waals surface area contributed by atoms with Crippen molar-refractivity contribution in [1.29, 1.82) is 0 Å². The number of hydrogen-bond acceptors (Lipinski definition) is 4. The number of nitrogens with one attached hydrogen (secondary N) is 1. The summed E-state index contributed by atoms with van der Waals surface area (Å²) in [6, 6.07) is 2.33. The second kappa shape index (κ2) is 5.80. The molecule has 1 saturated heterocycles. The zero-order chi connectivity index (χ0) is 12.3. The van der Waals surface area contributed by atoms with Crippen molar-refractivity contribution in [3.05, 3.63) is 20.8 Å². The van der Waals surface area contributed by atoms with Crippen molar-refractivity contribution in [3.8, 4) is 0 Å². The average Bonchev–Trinajstić information content (AvgIpc) is 2.72. The predicted octanol–water partition coefficient (Wildman–Crippen LogP) is 2.84. The maximum absolute atomic E-state index is 5.95. The Morgan fingerprint density at radius 1 is 1.65 bits per heavy atom. The third-order valence-electron chi connectivity index (χ3n) is 3.46. The number of rotatable bonds is 4. The van der Waals surface area contributed by atoms with Gasteiger partial charge in [0.15, 0.2) is 0 Å². The molecule has 2 unspecified atom stereocenters. The second-order valence-corrected chi connectivity index (χ2v) is 6.68. The molecule has 0 amide bonds. The molecule has 0 bridgehead atoms. The van der Waals surface area contributed by atoms with E-state index >= 15 is 0 Å². The van der Waals surface area contributed by atoms with Gasteiger partial charge < -0.3 is 4.74 Å². The Kier molecular flexibility index (Phi) is 4.60. The molecule has 1 aliphatic rings. The molecule has 0 saturated carbocycles. The predicted molar refractivity (Wildman–Crippen MR) is 75.0 cm³/mol. The van der Waals surface area contributed by atoms with Crippen LogP contribution in [0.1, 0.15) is 31.1 Å². The van der Waals surface area contributed by atoms with Crippen LogP contribution in [0.5, 0.6) is 0 Å². The molecule has 5 heteroatoms. The molecule has 1 aromatic rings. The van der Waals surface area contributed by atoms with Crippen LogP contribution in [0.25, 0.3) is 0 Å². The fraction of sp³-hybridized carbons (Fsp3) is 0.667. The maximum Gasteiger partial charge on any atom is 0.0823 e. The topological polar surface area (TPSA) is 47.3 Å². The molecule has 96 valence electrons. The van der Waals surface area contributed by atoms with Gasteiger partial charge in [0.2, 0.25) is 0 Å². The number of thiophene rings is 1. The first-order valence-electron chi connectivity index (χ1n) is 5.97. The highest BCUT2D eigenvalue weighted by atomic mass is 79.9. The Morgan fingerprint density at radius 3 is 3.00 bits per heavy atom. The molecule has 0 aliphatic carbocycles. The smallest absolute Gasteiger partial charge is 0.0823 e. The summed E-state index contributed by atoms with van der Waals surface area (Å²) in [6.45, 7) is 3.02. The first-order chi connectivity index (χ1) is 8.14. The monoisotopic (exact) mass is 318 g/mol. The lowest BCUT2D eigenvalue weighted by molar-refractivity contribution is -0.0883. The molecule has 3 nitrogen and oxygen atoms in total.